The predicted molar refractivity (Wildman–Crippen MR) is 84.2 cm³/mol. The normalized spacial score (nSPS) is 9.70. The molecule has 20 heavy (non-hydrogen) atoms. The van der Waals surface area contributed by atoms with Crippen molar-refractivity contribution in [1.82, 2.24) is 0 Å². The third-order valence-corrected chi connectivity index (χ3v) is 3.00. The molecule has 0 aliphatic carbocycles. The van der Waals surface area contributed by atoms with Crippen molar-refractivity contribution in [2.75, 3.05) is 5.88 Å². The van der Waals surface area contributed by atoms with E-state index in [2.05, 4.69) is 43.0 Å². The topological polar surface area (TPSA) is 9.23 Å². The maximum absolute atomic E-state index is 5.79. The Kier molecular flexibility index (Phi) is 5.53. The predicted octanol–water partition coefficient (Wildman–Crippen LogP) is 4.55. The van der Waals surface area contributed by atoms with Gasteiger partial charge in [-0.1, -0.05) is 47.7 Å². The molecule has 2 heteroatoms. The first kappa shape index (κ1) is 14.5. The van der Waals surface area contributed by atoms with Crippen molar-refractivity contribution in [2.24, 2.45) is 0 Å². The lowest BCUT2D eigenvalue weighted by molar-refractivity contribution is 0.306. The van der Waals surface area contributed by atoms with Crippen molar-refractivity contribution >= 4 is 11.6 Å². The Labute approximate surface area is 125 Å². The highest BCUT2D eigenvalue weighted by Gasteiger charge is 1.97. The van der Waals surface area contributed by atoms with Gasteiger partial charge < -0.3 is 4.74 Å². The lowest BCUT2D eigenvalue weighted by atomic mass is 10.2. The van der Waals surface area contributed by atoms with Gasteiger partial charge in [0.05, 0.1) is 0 Å². The molecule has 0 radical (unpaired) electrons. The molecule has 0 atom stereocenters. The average molecular weight is 285 g/mol. The first-order valence-electron chi connectivity index (χ1n) is 6.61. The molecule has 0 N–H and O–H groups in total. The van der Waals surface area contributed by atoms with E-state index in [9.17, 15) is 0 Å². The summed E-state index contributed by atoms with van der Waals surface area (Å²) >= 11 is 5.60. The second-order valence-corrected chi connectivity index (χ2v) is 4.92. The van der Waals surface area contributed by atoms with Crippen LogP contribution < -0.4 is 4.74 Å². The van der Waals surface area contributed by atoms with Crippen LogP contribution in [0.5, 0.6) is 5.75 Å². The van der Waals surface area contributed by atoms with Crippen LogP contribution in [0.2, 0.25) is 0 Å². The summed E-state index contributed by atoms with van der Waals surface area (Å²) in [7, 11) is 0. The van der Waals surface area contributed by atoms with E-state index in [1.807, 2.05) is 24.3 Å². The van der Waals surface area contributed by atoms with Gasteiger partial charge in [-0.3, -0.25) is 0 Å². The lowest BCUT2D eigenvalue weighted by Gasteiger charge is -2.06. The molecule has 0 amide bonds. The van der Waals surface area contributed by atoms with Crippen LogP contribution in [0.25, 0.3) is 0 Å². The van der Waals surface area contributed by atoms with Crippen LogP contribution in [0.15, 0.2) is 48.5 Å². The number of halogens is 1. The monoisotopic (exact) mass is 284 g/mol. The molecule has 0 heterocycles. The van der Waals surface area contributed by atoms with Crippen LogP contribution >= 0.6 is 11.6 Å². The summed E-state index contributed by atoms with van der Waals surface area (Å²) in [4.78, 5) is 0. The van der Waals surface area contributed by atoms with E-state index in [0.29, 0.717) is 18.9 Å². The van der Waals surface area contributed by atoms with Crippen LogP contribution in [0.1, 0.15) is 23.1 Å². The maximum Gasteiger partial charge on any atom is 0.121 e. The van der Waals surface area contributed by atoms with Crippen molar-refractivity contribution in [1.29, 1.82) is 0 Å². The largest absolute Gasteiger partial charge is 0.489 e. The van der Waals surface area contributed by atoms with Crippen LogP contribution in [0, 0.1) is 18.8 Å². The molecule has 2 aromatic rings. The quantitative estimate of drug-likeness (QED) is 0.591. The van der Waals surface area contributed by atoms with Crippen molar-refractivity contribution in [2.45, 2.75) is 20.0 Å². The zero-order valence-corrected chi connectivity index (χ0v) is 12.3. The Bertz CT molecular complexity index is 605. The number of hydrogen-bond acceptors (Lipinski definition) is 1. The summed E-state index contributed by atoms with van der Waals surface area (Å²) in [6.45, 7) is 2.65. The molecule has 0 aromatic heterocycles. The Morgan fingerprint density at radius 3 is 2.65 bits per heavy atom. The number of ether oxygens (including phenoxy) is 1. The standard InChI is InChI=1S/C18H17ClO/c1-15-8-10-17(11-9-15)14-20-18-7-4-6-16(13-18)5-2-3-12-19/h4,6-11,13H,3,12,14H2,1H3. The third kappa shape index (κ3) is 4.64. The van der Waals surface area contributed by atoms with Gasteiger partial charge in [-0.05, 0) is 30.7 Å². The van der Waals surface area contributed by atoms with Gasteiger partial charge in [-0.15, -0.1) is 11.6 Å². The molecule has 0 unspecified atom stereocenters. The fourth-order valence-corrected chi connectivity index (χ4v) is 1.82. The van der Waals surface area contributed by atoms with Gasteiger partial charge in [-0.2, -0.15) is 0 Å². The molecule has 1 nitrogen and oxygen atoms in total. The summed E-state index contributed by atoms with van der Waals surface area (Å²) in [5, 5.41) is 0. The molecular formula is C18H17ClO. The molecule has 0 aliphatic heterocycles. The van der Waals surface area contributed by atoms with Crippen LogP contribution in [0.3, 0.4) is 0 Å². The van der Waals surface area contributed by atoms with E-state index in [0.717, 1.165) is 16.9 Å². The number of benzene rings is 2. The molecule has 0 saturated heterocycles. The summed E-state index contributed by atoms with van der Waals surface area (Å²) < 4.78 is 5.79. The number of rotatable bonds is 4. The molecule has 2 rings (SSSR count). The second-order valence-electron chi connectivity index (χ2n) is 4.54. The lowest BCUT2D eigenvalue weighted by Crippen LogP contribution is -1.95. The first-order chi connectivity index (χ1) is 9.78. The van der Waals surface area contributed by atoms with E-state index >= 15 is 0 Å². The minimum Gasteiger partial charge on any atom is -0.489 e. The molecule has 102 valence electrons. The Balaban J connectivity index is 1.98. The summed E-state index contributed by atoms with van der Waals surface area (Å²) in [5.74, 6) is 7.50. The zero-order valence-electron chi connectivity index (χ0n) is 11.5. The van der Waals surface area contributed by atoms with Crippen molar-refractivity contribution in [3.8, 4) is 17.6 Å². The fraction of sp³-hybridized carbons (Fsp3) is 0.222. The van der Waals surface area contributed by atoms with E-state index in [4.69, 9.17) is 16.3 Å². The van der Waals surface area contributed by atoms with E-state index in [1.54, 1.807) is 0 Å². The van der Waals surface area contributed by atoms with Crippen LogP contribution in [-0.4, -0.2) is 5.88 Å². The molecule has 0 aliphatic rings. The van der Waals surface area contributed by atoms with E-state index in [1.165, 1.54) is 5.56 Å². The minimum atomic E-state index is 0.566. The van der Waals surface area contributed by atoms with Gasteiger partial charge in [0.25, 0.3) is 0 Å². The molecular weight excluding hydrogens is 268 g/mol. The molecule has 0 bridgehead atoms. The van der Waals surface area contributed by atoms with Gasteiger partial charge in [-0.25, -0.2) is 0 Å². The van der Waals surface area contributed by atoms with Gasteiger partial charge >= 0.3 is 0 Å². The smallest absolute Gasteiger partial charge is 0.121 e. The number of alkyl halides is 1. The Morgan fingerprint density at radius 2 is 1.90 bits per heavy atom. The van der Waals surface area contributed by atoms with E-state index < -0.39 is 0 Å². The zero-order chi connectivity index (χ0) is 14.2. The molecule has 0 fully saturated rings. The summed E-state index contributed by atoms with van der Waals surface area (Å²) in [6, 6.07) is 16.2. The van der Waals surface area contributed by atoms with Crippen LogP contribution in [0.4, 0.5) is 0 Å². The Hall–Kier alpha value is -1.91. The van der Waals surface area contributed by atoms with Gasteiger partial charge in [0.15, 0.2) is 0 Å². The molecule has 0 spiro atoms. The van der Waals surface area contributed by atoms with Crippen molar-refractivity contribution in [3.05, 3.63) is 65.2 Å². The van der Waals surface area contributed by atoms with Crippen molar-refractivity contribution in [3.63, 3.8) is 0 Å². The van der Waals surface area contributed by atoms with Crippen LogP contribution in [-0.2, 0) is 6.61 Å². The van der Waals surface area contributed by atoms with Gasteiger partial charge in [0, 0.05) is 17.9 Å². The van der Waals surface area contributed by atoms with Crippen molar-refractivity contribution < 1.29 is 4.74 Å². The average Bonchev–Trinajstić information content (AvgIpc) is 2.47. The highest BCUT2D eigenvalue weighted by Crippen LogP contribution is 2.15. The maximum atomic E-state index is 5.79. The number of hydrogen-bond donors (Lipinski definition) is 0. The Morgan fingerprint density at radius 1 is 1.10 bits per heavy atom. The minimum absolute atomic E-state index is 0.566. The summed E-state index contributed by atoms with van der Waals surface area (Å²) in [6.07, 6.45) is 0.704. The molecule has 0 saturated carbocycles. The highest BCUT2D eigenvalue weighted by atomic mass is 35.5. The second kappa shape index (κ2) is 7.62. The van der Waals surface area contributed by atoms with Gasteiger partial charge in [0.2, 0.25) is 0 Å². The SMILES string of the molecule is Cc1ccc(COc2cccc(C#CCCCl)c2)cc1. The number of aryl methyl sites for hydroxylation is 1. The van der Waals surface area contributed by atoms with Gasteiger partial charge in [0.1, 0.15) is 12.4 Å². The summed E-state index contributed by atoms with van der Waals surface area (Å²) in [5.41, 5.74) is 3.37. The fourth-order valence-electron chi connectivity index (χ4n) is 1.73. The van der Waals surface area contributed by atoms with E-state index in [-0.39, 0.29) is 0 Å². The first-order valence-corrected chi connectivity index (χ1v) is 7.14. The highest BCUT2D eigenvalue weighted by molar-refractivity contribution is 6.18. The molecule has 2 aromatic carbocycles. The third-order valence-electron chi connectivity index (χ3n) is 2.81.